The Morgan fingerprint density at radius 1 is 1.20 bits per heavy atom. The Kier molecular flexibility index (Phi) is 8.79. The molecule has 1 heterocycles. The van der Waals surface area contributed by atoms with Crippen LogP contribution >= 0.6 is 0 Å². The van der Waals surface area contributed by atoms with Crippen LogP contribution in [0.1, 0.15) is 85.0 Å². The summed E-state index contributed by atoms with van der Waals surface area (Å²) >= 11 is 0. The van der Waals surface area contributed by atoms with Crippen LogP contribution in [-0.4, -0.2) is 42.1 Å². The summed E-state index contributed by atoms with van der Waals surface area (Å²) in [5, 5.41) is 2.67. The van der Waals surface area contributed by atoms with E-state index in [0.717, 1.165) is 30.9 Å². The second-order valence-corrected chi connectivity index (χ2v) is 11.5. The Labute approximate surface area is 233 Å². The molecule has 6 nitrogen and oxygen atoms in total. The van der Waals surface area contributed by atoms with Crippen LogP contribution in [0.15, 0.2) is 36.4 Å². The average molecular weight is 556 g/mol. The number of benzene rings is 2. The van der Waals surface area contributed by atoms with Crippen molar-refractivity contribution in [2.24, 2.45) is 0 Å². The maximum atomic E-state index is 14.2. The fourth-order valence-electron chi connectivity index (χ4n) is 5.12. The number of alkyl carbamates (subject to hydrolysis) is 1. The Morgan fingerprint density at radius 2 is 1.95 bits per heavy atom. The predicted molar refractivity (Wildman–Crippen MR) is 148 cm³/mol. The molecule has 0 unspecified atom stereocenters. The lowest BCUT2D eigenvalue weighted by atomic mass is 9.80. The lowest BCUT2D eigenvalue weighted by Crippen LogP contribution is -2.34. The van der Waals surface area contributed by atoms with Crippen LogP contribution < -0.4 is 10.2 Å². The van der Waals surface area contributed by atoms with E-state index in [1.54, 1.807) is 32.9 Å². The van der Waals surface area contributed by atoms with Crippen LogP contribution in [0.3, 0.4) is 0 Å². The minimum absolute atomic E-state index is 0.000331. The van der Waals surface area contributed by atoms with Crippen molar-refractivity contribution in [1.82, 2.24) is 10.2 Å². The molecule has 0 atom stereocenters. The number of rotatable bonds is 9. The average Bonchev–Trinajstić information content (AvgIpc) is 3.15. The van der Waals surface area contributed by atoms with Crippen molar-refractivity contribution in [3.63, 3.8) is 0 Å². The molecule has 1 aliphatic carbocycles. The van der Waals surface area contributed by atoms with Crippen molar-refractivity contribution in [2.45, 2.75) is 77.2 Å². The first-order chi connectivity index (χ1) is 18.9. The molecule has 40 heavy (non-hydrogen) atoms. The second-order valence-electron chi connectivity index (χ2n) is 11.5. The number of hydrogen-bond donors (Lipinski definition) is 1. The zero-order valence-corrected chi connectivity index (χ0v) is 23.2. The van der Waals surface area contributed by atoms with Crippen molar-refractivity contribution < 1.29 is 27.5 Å². The first-order valence-electron chi connectivity index (χ1n) is 13.6. The molecule has 0 aromatic heterocycles. The molecule has 1 fully saturated rings. The number of terminal acetylenes is 1. The quantitative estimate of drug-likeness (QED) is 0.284. The van der Waals surface area contributed by atoms with Gasteiger partial charge in [-0.15, -0.1) is 6.42 Å². The molecular formula is C31H36F3N3O3. The monoisotopic (exact) mass is 555 g/mol. The summed E-state index contributed by atoms with van der Waals surface area (Å²) in [6, 6.07) is 10.3. The zero-order valence-electron chi connectivity index (χ0n) is 23.2. The summed E-state index contributed by atoms with van der Waals surface area (Å²) in [5.41, 5.74) is 0.766. The van der Waals surface area contributed by atoms with Gasteiger partial charge in [-0.3, -0.25) is 9.69 Å². The van der Waals surface area contributed by atoms with Crippen LogP contribution in [0.4, 0.5) is 23.7 Å². The van der Waals surface area contributed by atoms with Crippen molar-refractivity contribution in [3.05, 3.63) is 64.2 Å². The first-order valence-corrected chi connectivity index (χ1v) is 13.6. The number of halogens is 3. The van der Waals surface area contributed by atoms with Crippen LogP contribution in [0, 0.1) is 12.3 Å². The fraction of sp³-hybridized carbons (Fsp3) is 0.484. The topological polar surface area (TPSA) is 61.9 Å². The molecule has 9 heteroatoms. The van der Waals surface area contributed by atoms with Crippen molar-refractivity contribution in [1.29, 1.82) is 0 Å². The van der Waals surface area contributed by atoms with Gasteiger partial charge in [0.15, 0.2) is 0 Å². The van der Waals surface area contributed by atoms with Gasteiger partial charge in [-0.1, -0.05) is 24.5 Å². The summed E-state index contributed by atoms with van der Waals surface area (Å²) in [7, 11) is 0. The highest BCUT2D eigenvalue weighted by molar-refractivity contribution is 6.10. The Balaban J connectivity index is 1.50. The Hall–Kier alpha value is -3.51. The SMILES string of the molecule is C#CCN(CCCNC(=O)OC(C)(C)C)Cc1cc2c(c(C(F)(F)F)c1)CN(c1cccc(C3CCC3)c1)C2=O. The van der Waals surface area contributed by atoms with E-state index < -0.39 is 29.3 Å². The number of carbonyl (C=O) groups is 2. The number of carbonyl (C=O) groups excluding carboxylic acids is 2. The fourth-order valence-corrected chi connectivity index (χ4v) is 5.12. The number of alkyl halides is 3. The van der Waals surface area contributed by atoms with E-state index in [2.05, 4.69) is 11.2 Å². The van der Waals surface area contributed by atoms with Gasteiger partial charge >= 0.3 is 12.3 Å². The first kappa shape index (κ1) is 29.5. The molecule has 2 amide bonds. The smallest absolute Gasteiger partial charge is 0.416 e. The maximum absolute atomic E-state index is 14.2. The van der Waals surface area contributed by atoms with Gasteiger partial charge in [0.25, 0.3) is 5.91 Å². The van der Waals surface area contributed by atoms with Crippen LogP contribution in [0.25, 0.3) is 0 Å². The molecule has 1 saturated carbocycles. The highest BCUT2D eigenvalue weighted by atomic mass is 19.4. The number of amides is 2. The summed E-state index contributed by atoms with van der Waals surface area (Å²) in [4.78, 5) is 28.6. The third kappa shape index (κ3) is 7.16. The summed E-state index contributed by atoms with van der Waals surface area (Å²) in [5.74, 6) is 2.55. The molecule has 0 spiro atoms. The molecule has 4 rings (SSSR count). The largest absolute Gasteiger partial charge is 0.444 e. The normalized spacial score (nSPS) is 15.6. The number of nitrogens with one attached hydrogen (secondary N) is 1. The molecule has 1 aliphatic heterocycles. The minimum Gasteiger partial charge on any atom is -0.444 e. The number of fused-ring (bicyclic) bond motifs is 1. The highest BCUT2D eigenvalue weighted by Crippen LogP contribution is 2.41. The zero-order chi connectivity index (χ0) is 29.1. The maximum Gasteiger partial charge on any atom is 0.416 e. The van der Waals surface area contributed by atoms with Gasteiger partial charge in [0, 0.05) is 30.9 Å². The number of anilines is 1. The molecule has 0 saturated heterocycles. The highest BCUT2D eigenvalue weighted by Gasteiger charge is 2.40. The van der Waals surface area contributed by atoms with Gasteiger partial charge in [0.2, 0.25) is 0 Å². The molecule has 2 aromatic rings. The lowest BCUT2D eigenvalue weighted by molar-refractivity contribution is -0.138. The van der Waals surface area contributed by atoms with Gasteiger partial charge in [-0.25, -0.2) is 4.79 Å². The van der Waals surface area contributed by atoms with E-state index >= 15 is 0 Å². The van der Waals surface area contributed by atoms with Crippen molar-refractivity contribution in [3.8, 4) is 12.3 Å². The molecule has 2 aromatic carbocycles. The van der Waals surface area contributed by atoms with E-state index in [-0.39, 0.29) is 30.8 Å². The van der Waals surface area contributed by atoms with Crippen LogP contribution in [0.2, 0.25) is 0 Å². The van der Waals surface area contributed by atoms with Gasteiger partial charge in [-0.2, -0.15) is 13.2 Å². The van der Waals surface area contributed by atoms with Crippen LogP contribution in [-0.2, 0) is 24.0 Å². The van der Waals surface area contributed by atoms with E-state index in [4.69, 9.17) is 11.2 Å². The van der Waals surface area contributed by atoms with E-state index in [1.165, 1.54) is 4.90 Å². The third-order valence-electron chi connectivity index (χ3n) is 7.21. The van der Waals surface area contributed by atoms with Gasteiger partial charge in [0.05, 0.1) is 18.7 Å². The summed E-state index contributed by atoms with van der Waals surface area (Å²) < 4.78 is 47.8. The lowest BCUT2D eigenvalue weighted by Gasteiger charge is -2.27. The van der Waals surface area contributed by atoms with E-state index in [1.807, 2.05) is 23.1 Å². The second kappa shape index (κ2) is 11.9. The Morgan fingerprint density at radius 3 is 2.58 bits per heavy atom. The number of nitrogens with zero attached hydrogens (tertiary/aromatic N) is 2. The predicted octanol–water partition coefficient (Wildman–Crippen LogP) is 6.48. The standard InChI is InChI=1S/C31H36F3N3O3/c1-5-14-36(15-8-13-35-29(39)40-30(2,3)4)19-21-16-25-26(27(17-21)31(32,33)34)20-37(28(25)38)24-12-7-11-23(18-24)22-9-6-10-22/h1,7,11-12,16-18,22H,6,8-10,13-15,19-20H2,2-4H3,(H,35,39). The number of ether oxygens (including phenoxy) is 1. The van der Waals surface area contributed by atoms with Crippen LogP contribution in [0.5, 0.6) is 0 Å². The molecular weight excluding hydrogens is 519 g/mol. The van der Waals surface area contributed by atoms with Crippen molar-refractivity contribution >= 4 is 17.7 Å². The Bertz CT molecular complexity index is 1290. The molecule has 214 valence electrons. The molecule has 0 radical (unpaired) electrons. The summed E-state index contributed by atoms with van der Waals surface area (Å²) in [6.07, 6.45) is 4.23. The van der Waals surface area contributed by atoms with Gasteiger partial charge in [-0.05, 0) is 86.9 Å². The minimum atomic E-state index is -4.61. The molecule has 1 N–H and O–H groups in total. The third-order valence-corrected chi connectivity index (χ3v) is 7.21. The van der Waals surface area contributed by atoms with Gasteiger partial charge < -0.3 is 15.0 Å². The molecule has 0 bridgehead atoms. The summed E-state index contributed by atoms with van der Waals surface area (Å²) in [6.45, 7) is 6.28. The number of hydrogen-bond acceptors (Lipinski definition) is 4. The van der Waals surface area contributed by atoms with E-state index in [9.17, 15) is 22.8 Å². The van der Waals surface area contributed by atoms with E-state index in [0.29, 0.717) is 36.7 Å². The van der Waals surface area contributed by atoms with Gasteiger partial charge in [0.1, 0.15) is 5.60 Å². The molecule has 2 aliphatic rings. The van der Waals surface area contributed by atoms with Crippen molar-refractivity contribution in [2.75, 3.05) is 24.5 Å².